The Morgan fingerprint density at radius 1 is 1.35 bits per heavy atom. The van der Waals surface area contributed by atoms with Crippen LogP contribution >= 0.6 is 0 Å². The van der Waals surface area contributed by atoms with Gasteiger partial charge in [0, 0.05) is 20.4 Å². The van der Waals surface area contributed by atoms with Gasteiger partial charge in [0.15, 0.2) is 6.10 Å². The van der Waals surface area contributed by atoms with E-state index in [4.69, 9.17) is 9.47 Å². The number of ether oxygens (including phenoxy) is 2. The van der Waals surface area contributed by atoms with Crippen molar-refractivity contribution in [3.8, 4) is 0 Å². The highest BCUT2D eigenvalue weighted by molar-refractivity contribution is 5.77. The summed E-state index contributed by atoms with van der Waals surface area (Å²) in [5.41, 5.74) is 0.848. The van der Waals surface area contributed by atoms with Gasteiger partial charge in [0.1, 0.15) is 0 Å². The number of nitrogens with zero attached hydrogens (tertiary/aromatic N) is 1. The minimum absolute atomic E-state index is 0.0491. The van der Waals surface area contributed by atoms with Crippen molar-refractivity contribution in [1.82, 2.24) is 4.90 Å². The summed E-state index contributed by atoms with van der Waals surface area (Å²) in [5.74, 6) is -1.53. The van der Waals surface area contributed by atoms with Crippen molar-refractivity contribution in [3.63, 3.8) is 0 Å². The van der Waals surface area contributed by atoms with Gasteiger partial charge < -0.3 is 19.5 Å². The van der Waals surface area contributed by atoms with Gasteiger partial charge in [-0.25, -0.2) is 9.59 Å². The molecule has 1 amide bonds. The number of amides is 1. The van der Waals surface area contributed by atoms with Crippen molar-refractivity contribution < 1.29 is 24.2 Å². The molecule has 108 valence electrons. The lowest BCUT2D eigenvalue weighted by atomic mass is 10.2. The van der Waals surface area contributed by atoms with Crippen LogP contribution in [-0.4, -0.2) is 40.5 Å². The Hall–Kier alpha value is -2.08. The standard InChI is InChI=1S/C14H17NO5/c1-14(2)19-11(12(16)20-14)9-15(13(17)18)8-10-6-4-3-5-7-10/h3-7,11H,8-9H2,1-2H3,(H,17,18)/t11-/m1/s1. The minimum atomic E-state index is -1.10. The Morgan fingerprint density at radius 2 is 2.00 bits per heavy atom. The first kappa shape index (κ1) is 14.3. The molecule has 0 aromatic heterocycles. The lowest BCUT2D eigenvalue weighted by molar-refractivity contribution is -0.161. The number of esters is 1. The fraction of sp³-hybridized carbons (Fsp3) is 0.429. The zero-order chi connectivity index (χ0) is 14.8. The van der Waals surface area contributed by atoms with Crippen LogP contribution in [-0.2, 0) is 20.8 Å². The molecule has 0 unspecified atom stereocenters. The highest BCUT2D eigenvalue weighted by Gasteiger charge is 2.42. The summed E-state index contributed by atoms with van der Waals surface area (Å²) in [6.07, 6.45) is -1.99. The van der Waals surface area contributed by atoms with Crippen LogP contribution in [0.5, 0.6) is 0 Å². The van der Waals surface area contributed by atoms with Crippen LogP contribution in [0.15, 0.2) is 30.3 Å². The van der Waals surface area contributed by atoms with E-state index >= 15 is 0 Å². The van der Waals surface area contributed by atoms with E-state index in [-0.39, 0.29) is 13.1 Å². The molecule has 20 heavy (non-hydrogen) atoms. The van der Waals surface area contributed by atoms with Crippen LogP contribution in [0.4, 0.5) is 4.79 Å². The lowest BCUT2D eigenvalue weighted by Gasteiger charge is -2.22. The maximum atomic E-state index is 11.6. The van der Waals surface area contributed by atoms with Crippen molar-refractivity contribution in [3.05, 3.63) is 35.9 Å². The number of carboxylic acid groups (broad SMARTS) is 1. The summed E-state index contributed by atoms with van der Waals surface area (Å²) in [5, 5.41) is 9.23. The van der Waals surface area contributed by atoms with Crippen LogP contribution < -0.4 is 0 Å². The van der Waals surface area contributed by atoms with E-state index in [0.29, 0.717) is 0 Å². The molecule has 1 aliphatic heterocycles. The van der Waals surface area contributed by atoms with Crippen LogP contribution in [0.1, 0.15) is 19.4 Å². The largest absolute Gasteiger partial charge is 0.465 e. The second-order valence-corrected chi connectivity index (χ2v) is 5.08. The predicted molar refractivity (Wildman–Crippen MR) is 69.9 cm³/mol. The molecule has 0 spiro atoms. The molecule has 1 N–H and O–H groups in total. The molecule has 0 aliphatic carbocycles. The fourth-order valence-electron chi connectivity index (χ4n) is 2.05. The minimum Gasteiger partial charge on any atom is -0.465 e. The van der Waals surface area contributed by atoms with Gasteiger partial charge in [-0.1, -0.05) is 30.3 Å². The summed E-state index contributed by atoms with van der Waals surface area (Å²) in [6.45, 7) is 3.39. The Balaban J connectivity index is 2.04. The Bertz CT molecular complexity index is 500. The number of carbonyl (C=O) groups excluding carboxylic acids is 1. The number of carbonyl (C=O) groups is 2. The van der Waals surface area contributed by atoms with Crippen LogP contribution in [0.25, 0.3) is 0 Å². The molecule has 0 radical (unpaired) electrons. The van der Waals surface area contributed by atoms with Gasteiger partial charge in [-0.2, -0.15) is 0 Å². The van der Waals surface area contributed by atoms with Crippen molar-refractivity contribution in [2.75, 3.05) is 6.54 Å². The van der Waals surface area contributed by atoms with Gasteiger partial charge >= 0.3 is 12.1 Å². The molecule has 1 saturated heterocycles. The third kappa shape index (κ3) is 3.48. The van der Waals surface area contributed by atoms with E-state index in [1.807, 2.05) is 30.3 Å². The summed E-state index contributed by atoms with van der Waals surface area (Å²) >= 11 is 0. The molecule has 1 aliphatic rings. The molecule has 0 bridgehead atoms. The zero-order valence-corrected chi connectivity index (χ0v) is 11.4. The lowest BCUT2D eigenvalue weighted by Crippen LogP contribution is -2.39. The van der Waals surface area contributed by atoms with Gasteiger partial charge in [-0.05, 0) is 5.56 Å². The molecule has 1 aromatic rings. The van der Waals surface area contributed by atoms with Gasteiger partial charge in [0.05, 0.1) is 6.54 Å². The quantitative estimate of drug-likeness (QED) is 0.851. The first-order chi connectivity index (χ1) is 9.37. The third-order valence-electron chi connectivity index (χ3n) is 2.91. The van der Waals surface area contributed by atoms with Crippen molar-refractivity contribution in [2.45, 2.75) is 32.3 Å². The number of cyclic esters (lactones) is 1. The molecule has 6 nitrogen and oxygen atoms in total. The molecule has 1 heterocycles. The smallest absolute Gasteiger partial charge is 0.407 e. The topological polar surface area (TPSA) is 76.1 Å². The first-order valence-corrected chi connectivity index (χ1v) is 6.30. The summed E-state index contributed by atoms with van der Waals surface area (Å²) in [7, 11) is 0. The highest BCUT2D eigenvalue weighted by atomic mass is 16.8. The van der Waals surface area contributed by atoms with E-state index in [1.165, 1.54) is 0 Å². The average molecular weight is 279 g/mol. The van der Waals surface area contributed by atoms with E-state index in [1.54, 1.807) is 13.8 Å². The second-order valence-electron chi connectivity index (χ2n) is 5.08. The summed E-state index contributed by atoms with van der Waals surface area (Å²) in [6, 6.07) is 9.17. The molecular formula is C14H17NO5. The summed E-state index contributed by atoms with van der Waals surface area (Å²) < 4.78 is 10.4. The van der Waals surface area contributed by atoms with Crippen molar-refractivity contribution >= 4 is 12.1 Å². The maximum Gasteiger partial charge on any atom is 0.407 e. The normalized spacial score (nSPS) is 20.5. The predicted octanol–water partition coefficient (Wildman–Crippen LogP) is 1.84. The van der Waals surface area contributed by atoms with Crippen LogP contribution in [0.2, 0.25) is 0 Å². The molecule has 0 saturated carbocycles. The SMILES string of the molecule is CC1(C)OC(=O)[C@@H](CN(Cc2ccccc2)C(=O)O)O1. The van der Waals surface area contributed by atoms with Gasteiger partial charge in [-0.3, -0.25) is 0 Å². The number of rotatable bonds is 4. The molecule has 1 atom stereocenters. The van der Waals surface area contributed by atoms with E-state index in [2.05, 4.69) is 0 Å². The molecule has 1 aromatic carbocycles. The Kier molecular flexibility index (Phi) is 3.94. The maximum absolute atomic E-state index is 11.6. The zero-order valence-electron chi connectivity index (χ0n) is 11.4. The van der Waals surface area contributed by atoms with E-state index in [0.717, 1.165) is 10.5 Å². The highest BCUT2D eigenvalue weighted by Crippen LogP contribution is 2.24. The monoisotopic (exact) mass is 279 g/mol. The second kappa shape index (κ2) is 5.50. The average Bonchev–Trinajstić information content (AvgIpc) is 2.62. The Labute approximate surface area is 116 Å². The number of hydrogen-bond acceptors (Lipinski definition) is 4. The van der Waals surface area contributed by atoms with Gasteiger partial charge in [0.25, 0.3) is 0 Å². The van der Waals surface area contributed by atoms with E-state index in [9.17, 15) is 14.7 Å². The van der Waals surface area contributed by atoms with E-state index < -0.39 is 24.0 Å². The fourth-order valence-corrected chi connectivity index (χ4v) is 2.05. The third-order valence-corrected chi connectivity index (χ3v) is 2.91. The van der Waals surface area contributed by atoms with Crippen molar-refractivity contribution in [1.29, 1.82) is 0 Å². The van der Waals surface area contributed by atoms with Gasteiger partial charge in [-0.15, -0.1) is 0 Å². The number of benzene rings is 1. The molecular weight excluding hydrogens is 262 g/mol. The molecule has 1 fully saturated rings. The van der Waals surface area contributed by atoms with Crippen molar-refractivity contribution in [2.24, 2.45) is 0 Å². The summed E-state index contributed by atoms with van der Waals surface area (Å²) in [4.78, 5) is 24.1. The number of hydrogen-bond donors (Lipinski definition) is 1. The molecule has 2 rings (SSSR count). The first-order valence-electron chi connectivity index (χ1n) is 6.30. The molecule has 6 heteroatoms. The van der Waals surface area contributed by atoms with Crippen LogP contribution in [0.3, 0.4) is 0 Å². The van der Waals surface area contributed by atoms with Crippen LogP contribution in [0, 0.1) is 0 Å². The van der Waals surface area contributed by atoms with Gasteiger partial charge in [0.2, 0.25) is 5.79 Å². The Morgan fingerprint density at radius 3 is 2.50 bits per heavy atom.